The van der Waals surface area contributed by atoms with Crippen molar-refractivity contribution in [1.82, 2.24) is 40.4 Å². The number of hydrogen-bond acceptors (Lipinski definition) is 7. The van der Waals surface area contributed by atoms with Gasteiger partial charge in [-0.25, -0.2) is 9.97 Å². The summed E-state index contributed by atoms with van der Waals surface area (Å²) in [6, 6.07) is 10.4. The van der Waals surface area contributed by atoms with Crippen molar-refractivity contribution < 1.29 is 0 Å². The number of nitrogens with zero attached hydrogens (tertiary/aromatic N) is 5. The molecule has 34 heavy (non-hydrogen) atoms. The van der Waals surface area contributed by atoms with Gasteiger partial charge in [0, 0.05) is 47.3 Å². The topological polar surface area (TPSA) is 108 Å². The molecule has 6 rings (SSSR count). The van der Waals surface area contributed by atoms with Gasteiger partial charge in [0.2, 0.25) is 0 Å². The molecule has 0 aliphatic rings. The summed E-state index contributed by atoms with van der Waals surface area (Å²) < 4.78 is 0. The fraction of sp³-hybridized carbons (Fsp3) is 0.160. The van der Waals surface area contributed by atoms with Crippen LogP contribution in [0.2, 0.25) is 0 Å². The Labute approximate surface area is 199 Å². The molecule has 0 amide bonds. The fourth-order valence-corrected chi connectivity index (χ4v) is 4.91. The van der Waals surface area contributed by atoms with Crippen LogP contribution in [0.5, 0.6) is 0 Å². The molecular formula is C25H22N8S. The monoisotopic (exact) mass is 466 g/mol. The number of H-pyrrole nitrogens is 2. The maximum atomic E-state index is 4.90. The van der Waals surface area contributed by atoms with Crippen LogP contribution in [0.3, 0.4) is 0 Å². The van der Waals surface area contributed by atoms with Gasteiger partial charge in [-0.3, -0.25) is 15.1 Å². The Balaban J connectivity index is 1.44. The highest BCUT2D eigenvalue weighted by atomic mass is 32.1. The highest BCUT2D eigenvalue weighted by molar-refractivity contribution is 7.15. The molecule has 0 unspecified atom stereocenters. The molecular weight excluding hydrogens is 444 g/mol. The summed E-state index contributed by atoms with van der Waals surface area (Å²) in [6.45, 7) is 5.88. The number of aryl methyl sites for hydroxylation is 1. The van der Waals surface area contributed by atoms with Crippen molar-refractivity contribution in [3.63, 3.8) is 0 Å². The molecule has 168 valence electrons. The Morgan fingerprint density at radius 2 is 1.91 bits per heavy atom. The van der Waals surface area contributed by atoms with Crippen molar-refractivity contribution in [2.24, 2.45) is 0 Å². The number of thiophene rings is 1. The van der Waals surface area contributed by atoms with Gasteiger partial charge in [0.1, 0.15) is 16.9 Å². The van der Waals surface area contributed by atoms with Gasteiger partial charge < -0.3 is 10.3 Å². The third kappa shape index (κ3) is 3.64. The zero-order chi connectivity index (χ0) is 23.1. The predicted molar refractivity (Wildman–Crippen MR) is 135 cm³/mol. The molecule has 0 bridgehead atoms. The van der Waals surface area contributed by atoms with Crippen LogP contribution in [-0.4, -0.2) is 41.7 Å². The van der Waals surface area contributed by atoms with Crippen molar-refractivity contribution in [3.8, 4) is 33.2 Å². The fourth-order valence-electron chi connectivity index (χ4n) is 4.04. The van der Waals surface area contributed by atoms with Crippen LogP contribution in [0.25, 0.3) is 55.3 Å². The minimum absolute atomic E-state index is 0.682. The lowest BCUT2D eigenvalue weighted by molar-refractivity contribution is 0.724. The number of nitrogens with one attached hydrogen (secondary N) is 3. The Bertz CT molecular complexity index is 1630. The van der Waals surface area contributed by atoms with Gasteiger partial charge in [-0.05, 0) is 49.4 Å². The van der Waals surface area contributed by atoms with E-state index in [4.69, 9.17) is 4.98 Å². The summed E-state index contributed by atoms with van der Waals surface area (Å²) in [5, 5.41) is 11.8. The lowest BCUT2D eigenvalue weighted by atomic mass is 10.1. The number of imidazole rings is 1. The van der Waals surface area contributed by atoms with Gasteiger partial charge in [0.15, 0.2) is 11.5 Å². The first kappa shape index (κ1) is 20.6. The standard InChI is InChI=1S/C25H22N8S/c1-3-26-10-15-8-16(12-27-11-15)17-9-18-21(32-33-24(18)29-13-17)25-30-19-6-7-28-23(22(19)31-25)20-5-4-14(2)34-20/h4-9,11-13,26H,3,10H2,1-2H3,(H,30,31)(H,29,32,33). The molecule has 0 aliphatic heterocycles. The van der Waals surface area contributed by atoms with Crippen molar-refractivity contribution in [1.29, 1.82) is 0 Å². The Hall–Kier alpha value is -3.95. The van der Waals surface area contributed by atoms with E-state index < -0.39 is 0 Å². The molecule has 0 saturated carbocycles. The van der Waals surface area contributed by atoms with E-state index in [1.54, 1.807) is 11.3 Å². The van der Waals surface area contributed by atoms with Crippen LogP contribution in [0.15, 0.2) is 55.1 Å². The molecule has 0 spiro atoms. The normalized spacial score (nSPS) is 11.6. The maximum Gasteiger partial charge on any atom is 0.159 e. The molecule has 0 fully saturated rings. The van der Waals surface area contributed by atoms with Crippen LogP contribution in [0.1, 0.15) is 17.4 Å². The smallest absolute Gasteiger partial charge is 0.159 e. The summed E-state index contributed by atoms with van der Waals surface area (Å²) in [5.41, 5.74) is 7.20. The lowest BCUT2D eigenvalue weighted by Gasteiger charge is -2.05. The summed E-state index contributed by atoms with van der Waals surface area (Å²) in [7, 11) is 0. The second-order valence-corrected chi connectivity index (χ2v) is 9.39. The number of aromatic amines is 2. The second kappa shape index (κ2) is 8.44. The maximum absolute atomic E-state index is 4.90. The van der Waals surface area contributed by atoms with Gasteiger partial charge >= 0.3 is 0 Å². The third-order valence-electron chi connectivity index (χ3n) is 5.72. The molecule has 0 radical (unpaired) electrons. The number of fused-ring (bicyclic) bond motifs is 2. The first-order valence-electron chi connectivity index (χ1n) is 11.1. The van der Waals surface area contributed by atoms with E-state index >= 15 is 0 Å². The summed E-state index contributed by atoms with van der Waals surface area (Å²) in [5.74, 6) is 0.682. The van der Waals surface area contributed by atoms with E-state index in [9.17, 15) is 0 Å². The highest BCUT2D eigenvalue weighted by Gasteiger charge is 2.17. The van der Waals surface area contributed by atoms with Gasteiger partial charge in [0.25, 0.3) is 0 Å². The van der Waals surface area contributed by atoms with Gasteiger partial charge in [-0.1, -0.05) is 6.92 Å². The predicted octanol–water partition coefficient (Wildman–Crippen LogP) is 5.10. The Morgan fingerprint density at radius 1 is 1.00 bits per heavy atom. The molecule has 9 heteroatoms. The number of hydrogen-bond donors (Lipinski definition) is 3. The average molecular weight is 467 g/mol. The summed E-state index contributed by atoms with van der Waals surface area (Å²) in [4.78, 5) is 24.3. The van der Waals surface area contributed by atoms with E-state index in [0.29, 0.717) is 11.5 Å². The molecule has 3 N–H and O–H groups in total. The van der Waals surface area contributed by atoms with E-state index in [1.807, 2.05) is 30.9 Å². The van der Waals surface area contributed by atoms with Crippen LogP contribution >= 0.6 is 11.3 Å². The van der Waals surface area contributed by atoms with Crippen LogP contribution in [-0.2, 0) is 6.54 Å². The number of pyridine rings is 3. The van der Waals surface area contributed by atoms with Crippen LogP contribution < -0.4 is 5.32 Å². The lowest BCUT2D eigenvalue weighted by Crippen LogP contribution is -2.11. The summed E-state index contributed by atoms with van der Waals surface area (Å²) >= 11 is 1.71. The molecule has 0 aromatic carbocycles. The van der Waals surface area contributed by atoms with Crippen LogP contribution in [0.4, 0.5) is 0 Å². The van der Waals surface area contributed by atoms with E-state index in [1.165, 1.54) is 4.88 Å². The zero-order valence-electron chi connectivity index (χ0n) is 18.8. The van der Waals surface area contributed by atoms with E-state index in [0.717, 1.165) is 62.5 Å². The number of rotatable bonds is 6. The van der Waals surface area contributed by atoms with Crippen molar-refractivity contribution in [2.75, 3.05) is 6.54 Å². The minimum Gasteiger partial charge on any atom is -0.336 e. The molecule has 0 saturated heterocycles. The molecule has 0 atom stereocenters. The van der Waals surface area contributed by atoms with Gasteiger partial charge in [-0.2, -0.15) is 5.10 Å². The molecule has 8 nitrogen and oxygen atoms in total. The SMILES string of the molecule is CCNCc1cncc(-c2cnc3[nH]nc(-c4nc5c(-c6ccc(C)s6)nccc5[nH]4)c3c2)c1. The Morgan fingerprint density at radius 3 is 2.76 bits per heavy atom. The molecule has 0 aliphatic carbocycles. The third-order valence-corrected chi connectivity index (χ3v) is 6.73. The van der Waals surface area contributed by atoms with Gasteiger partial charge in [0.05, 0.1) is 15.8 Å². The number of aromatic nitrogens is 7. The summed E-state index contributed by atoms with van der Waals surface area (Å²) in [6.07, 6.45) is 7.40. The van der Waals surface area contributed by atoms with Crippen molar-refractivity contribution in [3.05, 3.63) is 65.6 Å². The van der Waals surface area contributed by atoms with Gasteiger partial charge in [-0.15, -0.1) is 11.3 Å². The Kier molecular flexibility index (Phi) is 5.12. The molecule has 6 aromatic rings. The first-order chi connectivity index (χ1) is 16.7. The van der Waals surface area contributed by atoms with Crippen molar-refractivity contribution in [2.45, 2.75) is 20.4 Å². The van der Waals surface area contributed by atoms with Crippen molar-refractivity contribution >= 4 is 33.4 Å². The largest absolute Gasteiger partial charge is 0.336 e. The highest BCUT2D eigenvalue weighted by Crippen LogP contribution is 2.33. The van der Waals surface area contributed by atoms with Crippen LogP contribution in [0, 0.1) is 6.92 Å². The van der Waals surface area contributed by atoms with E-state index in [2.05, 4.69) is 73.6 Å². The minimum atomic E-state index is 0.682. The zero-order valence-corrected chi connectivity index (χ0v) is 19.6. The second-order valence-electron chi connectivity index (χ2n) is 8.11. The molecule has 6 heterocycles. The molecule has 6 aromatic heterocycles. The quantitative estimate of drug-likeness (QED) is 0.315. The van der Waals surface area contributed by atoms with E-state index in [-0.39, 0.29) is 0 Å². The first-order valence-corrected chi connectivity index (χ1v) is 11.9. The average Bonchev–Trinajstić information content (AvgIpc) is 3.59.